The zero-order chi connectivity index (χ0) is 20.5. The summed E-state index contributed by atoms with van der Waals surface area (Å²) in [6.07, 6.45) is 1.85. The Bertz CT molecular complexity index is 1310. The molecule has 0 bridgehead atoms. The van der Waals surface area contributed by atoms with Crippen molar-refractivity contribution in [3.63, 3.8) is 0 Å². The van der Waals surface area contributed by atoms with E-state index in [1.807, 2.05) is 30.5 Å². The van der Waals surface area contributed by atoms with Crippen molar-refractivity contribution in [1.82, 2.24) is 9.55 Å². The number of pyridine rings is 1. The number of nitrogens with zero attached hydrogens (tertiary/aromatic N) is 2. The first kappa shape index (κ1) is 18.3. The molecule has 2 heterocycles. The topological polar surface area (TPSA) is 17.8 Å². The van der Waals surface area contributed by atoms with Gasteiger partial charge in [0.1, 0.15) is 11.6 Å². The van der Waals surface area contributed by atoms with Crippen LogP contribution in [0.15, 0.2) is 97.2 Å². The van der Waals surface area contributed by atoms with Crippen LogP contribution in [0.4, 0.5) is 8.78 Å². The maximum Gasteiger partial charge on any atom is 0.123 e. The summed E-state index contributed by atoms with van der Waals surface area (Å²) in [5, 5.41) is 1.03. The quantitative estimate of drug-likeness (QED) is 0.331. The molecule has 0 amide bonds. The van der Waals surface area contributed by atoms with Gasteiger partial charge in [-0.2, -0.15) is 0 Å². The monoisotopic (exact) mass is 396 g/mol. The zero-order valence-corrected chi connectivity index (χ0v) is 16.1. The second-order valence-corrected chi connectivity index (χ2v) is 7.24. The van der Waals surface area contributed by atoms with Crippen molar-refractivity contribution in [3.8, 4) is 22.5 Å². The summed E-state index contributed by atoms with van der Waals surface area (Å²) in [6.45, 7) is 0.675. The predicted molar refractivity (Wildman–Crippen MR) is 116 cm³/mol. The standard InChI is InChI=1S/C26H18F2N2/c27-22-10-6-19(7-11-22)24-14-21-15-25(20-8-12-23(28)13-9-20)30(26(21)16-29-24)17-18-4-2-1-3-5-18/h1-16H,17H2. The van der Waals surface area contributed by atoms with E-state index in [0.717, 1.165) is 33.4 Å². The third kappa shape index (κ3) is 3.48. The normalized spacial score (nSPS) is 11.1. The number of benzene rings is 3. The maximum absolute atomic E-state index is 13.5. The highest BCUT2D eigenvalue weighted by molar-refractivity contribution is 5.89. The predicted octanol–water partition coefficient (Wildman–Crippen LogP) is 6.70. The van der Waals surface area contributed by atoms with Gasteiger partial charge < -0.3 is 4.57 Å². The van der Waals surface area contributed by atoms with Gasteiger partial charge in [0.2, 0.25) is 0 Å². The highest BCUT2D eigenvalue weighted by Crippen LogP contribution is 2.31. The molecule has 0 aliphatic heterocycles. The highest BCUT2D eigenvalue weighted by atomic mass is 19.1. The lowest BCUT2D eigenvalue weighted by molar-refractivity contribution is 0.627. The summed E-state index contributed by atoms with van der Waals surface area (Å²) in [4.78, 5) is 4.63. The second kappa shape index (κ2) is 7.56. The average molecular weight is 396 g/mol. The van der Waals surface area contributed by atoms with Crippen LogP contribution in [-0.2, 0) is 6.54 Å². The first-order valence-corrected chi connectivity index (χ1v) is 9.72. The van der Waals surface area contributed by atoms with Crippen molar-refractivity contribution in [2.24, 2.45) is 0 Å². The van der Waals surface area contributed by atoms with Crippen molar-refractivity contribution in [1.29, 1.82) is 0 Å². The molecule has 0 saturated carbocycles. The molecule has 0 unspecified atom stereocenters. The summed E-state index contributed by atoms with van der Waals surface area (Å²) in [5.41, 5.74) is 5.73. The Hall–Kier alpha value is -3.79. The Balaban J connectivity index is 1.66. The van der Waals surface area contributed by atoms with E-state index >= 15 is 0 Å². The lowest BCUT2D eigenvalue weighted by atomic mass is 10.1. The number of hydrogen-bond acceptors (Lipinski definition) is 1. The van der Waals surface area contributed by atoms with E-state index in [1.54, 1.807) is 24.3 Å². The maximum atomic E-state index is 13.5. The Morgan fingerprint density at radius 2 is 1.33 bits per heavy atom. The number of hydrogen-bond donors (Lipinski definition) is 0. The zero-order valence-electron chi connectivity index (χ0n) is 16.1. The summed E-state index contributed by atoms with van der Waals surface area (Å²) in [7, 11) is 0. The van der Waals surface area contributed by atoms with Crippen LogP contribution in [0.3, 0.4) is 0 Å². The molecule has 3 aromatic carbocycles. The SMILES string of the molecule is Fc1ccc(-c2cc3cc(-c4ccc(F)cc4)n(Cc4ccccc4)c3cn2)cc1. The summed E-state index contributed by atoms with van der Waals surface area (Å²) in [6, 6.07) is 27.2. The molecule has 0 saturated heterocycles. The molecule has 146 valence electrons. The van der Waals surface area contributed by atoms with Crippen LogP contribution < -0.4 is 0 Å². The molecule has 0 aliphatic carbocycles. The molecule has 30 heavy (non-hydrogen) atoms. The molecule has 0 spiro atoms. The molecule has 2 aromatic heterocycles. The third-order valence-corrected chi connectivity index (χ3v) is 5.25. The highest BCUT2D eigenvalue weighted by Gasteiger charge is 2.13. The van der Waals surface area contributed by atoms with Gasteiger partial charge in [0.25, 0.3) is 0 Å². The number of halogens is 2. The average Bonchev–Trinajstić information content (AvgIpc) is 3.13. The lowest BCUT2D eigenvalue weighted by Gasteiger charge is -2.11. The second-order valence-electron chi connectivity index (χ2n) is 7.24. The fourth-order valence-electron chi connectivity index (χ4n) is 3.73. The van der Waals surface area contributed by atoms with Crippen LogP contribution in [0.5, 0.6) is 0 Å². The minimum atomic E-state index is -0.271. The fourth-order valence-corrected chi connectivity index (χ4v) is 3.73. The Kier molecular flexibility index (Phi) is 4.60. The van der Waals surface area contributed by atoms with Crippen molar-refractivity contribution in [3.05, 3.63) is 114 Å². The van der Waals surface area contributed by atoms with Gasteiger partial charge in [0.05, 0.1) is 17.4 Å². The molecule has 4 heteroatoms. The van der Waals surface area contributed by atoms with E-state index in [0.29, 0.717) is 6.54 Å². The first-order valence-electron chi connectivity index (χ1n) is 9.72. The van der Waals surface area contributed by atoms with Crippen molar-refractivity contribution in [2.45, 2.75) is 6.54 Å². The van der Waals surface area contributed by atoms with E-state index in [9.17, 15) is 8.78 Å². The largest absolute Gasteiger partial charge is 0.335 e. The van der Waals surface area contributed by atoms with Crippen LogP contribution in [0.25, 0.3) is 33.4 Å². The lowest BCUT2D eigenvalue weighted by Crippen LogP contribution is -2.02. The van der Waals surface area contributed by atoms with Crippen LogP contribution in [0.2, 0.25) is 0 Å². The van der Waals surface area contributed by atoms with E-state index in [2.05, 4.69) is 27.8 Å². The van der Waals surface area contributed by atoms with E-state index in [-0.39, 0.29) is 11.6 Å². The van der Waals surface area contributed by atoms with Gasteiger partial charge in [-0.05, 0) is 71.8 Å². The molecular weight excluding hydrogens is 378 g/mol. The summed E-state index contributed by atoms with van der Waals surface area (Å²) >= 11 is 0. The number of fused-ring (bicyclic) bond motifs is 1. The molecule has 0 aliphatic rings. The minimum absolute atomic E-state index is 0.260. The van der Waals surface area contributed by atoms with Crippen LogP contribution in [0.1, 0.15) is 5.56 Å². The number of aromatic nitrogens is 2. The van der Waals surface area contributed by atoms with Gasteiger partial charge in [0.15, 0.2) is 0 Å². The Morgan fingerprint density at radius 1 is 0.700 bits per heavy atom. The van der Waals surface area contributed by atoms with Crippen molar-refractivity contribution < 1.29 is 8.78 Å². The number of rotatable bonds is 4. The van der Waals surface area contributed by atoms with Gasteiger partial charge in [0, 0.05) is 23.2 Å². The minimum Gasteiger partial charge on any atom is -0.335 e. The van der Waals surface area contributed by atoms with Crippen molar-refractivity contribution >= 4 is 10.9 Å². The van der Waals surface area contributed by atoms with Crippen molar-refractivity contribution in [2.75, 3.05) is 0 Å². The van der Waals surface area contributed by atoms with Crippen LogP contribution >= 0.6 is 0 Å². The molecule has 5 rings (SSSR count). The van der Waals surface area contributed by atoms with Gasteiger partial charge >= 0.3 is 0 Å². The molecule has 5 aromatic rings. The van der Waals surface area contributed by atoms with Crippen LogP contribution in [0, 0.1) is 11.6 Å². The fraction of sp³-hybridized carbons (Fsp3) is 0.0385. The first-order chi connectivity index (χ1) is 14.7. The summed E-state index contributed by atoms with van der Waals surface area (Å²) in [5.74, 6) is -0.530. The molecule has 0 fully saturated rings. The molecule has 2 nitrogen and oxygen atoms in total. The van der Waals surface area contributed by atoms with Gasteiger partial charge in [-0.1, -0.05) is 30.3 Å². The smallest absolute Gasteiger partial charge is 0.123 e. The summed E-state index contributed by atoms with van der Waals surface area (Å²) < 4.78 is 29.0. The van der Waals surface area contributed by atoms with E-state index < -0.39 is 0 Å². The molecule has 0 N–H and O–H groups in total. The molecular formula is C26H18F2N2. The van der Waals surface area contributed by atoms with Crippen LogP contribution in [-0.4, -0.2) is 9.55 Å². The van der Waals surface area contributed by atoms with E-state index in [1.165, 1.54) is 29.8 Å². The Morgan fingerprint density at radius 3 is 2.00 bits per heavy atom. The van der Waals surface area contributed by atoms with Gasteiger partial charge in [-0.3, -0.25) is 4.98 Å². The molecule has 0 atom stereocenters. The Labute approximate surface area is 173 Å². The van der Waals surface area contributed by atoms with Gasteiger partial charge in [-0.15, -0.1) is 0 Å². The van der Waals surface area contributed by atoms with Gasteiger partial charge in [-0.25, -0.2) is 8.78 Å². The van der Waals surface area contributed by atoms with E-state index in [4.69, 9.17) is 0 Å². The third-order valence-electron chi connectivity index (χ3n) is 5.25. The molecule has 0 radical (unpaired) electrons.